The van der Waals surface area contributed by atoms with Crippen LogP contribution in [0.15, 0.2) is 12.2 Å². The van der Waals surface area contributed by atoms with Crippen LogP contribution in [0, 0.1) is 0 Å². The Labute approximate surface area is 310 Å². The Morgan fingerprint density at radius 3 is 1.32 bits per heavy atom. The van der Waals surface area contributed by atoms with Gasteiger partial charge in [-0.1, -0.05) is 154 Å². The molecule has 1 atom stereocenters. The number of carbonyl (C=O) groups excluding carboxylic acids is 2. The van der Waals surface area contributed by atoms with Gasteiger partial charge < -0.3 is 19.3 Å². The summed E-state index contributed by atoms with van der Waals surface area (Å²) in [7, 11) is -4.74. The van der Waals surface area contributed by atoms with Crippen LogP contribution >= 0.6 is 7.82 Å². The predicted molar refractivity (Wildman–Crippen MR) is 194 cm³/mol. The SMILES string of the molecule is CCCCCCCC/C=C/CCCCCCCC(=O)O[C@H](COC(=O)CCCCCCCCCCCCCCC)COP(=O)(O)O.[Na]. The van der Waals surface area contributed by atoms with Gasteiger partial charge in [0.15, 0.2) is 6.10 Å². The van der Waals surface area contributed by atoms with E-state index in [2.05, 4.69) is 30.5 Å². The minimum absolute atomic E-state index is 0. The molecule has 0 unspecified atom stereocenters. The molecule has 1 radical (unpaired) electrons. The van der Waals surface area contributed by atoms with Crippen LogP contribution in [-0.2, 0) is 28.2 Å². The minimum Gasteiger partial charge on any atom is -0.462 e. The molecule has 0 aliphatic rings. The van der Waals surface area contributed by atoms with E-state index < -0.39 is 32.5 Å². The van der Waals surface area contributed by atoms with Gasteiger partial charge in [-0.3, -0.25) is 14.1 Å². The van der Waals surface area contributed by atoms with E-state index >= 15 is 0 Å². The smallest absolute Gasteiger partial charge is 0.462 e. The molecule has 0 aliphatic carbocycles. The Morgan fingerprint density at radius 1 is 0.553 bits per heavy atom. The maximum absolute atomic E-state index is 12.3. The standard InChI is InChI=1S/C37H71O8P.Na/c1-3-5-7-9-11-13-15-17-18-20-22-24-26-28-30-32-37(39)45-35(34-44-46(40,41)42)33-43-36(38)31-29-27-25-23-21-19-16-14-12-10-8-6-4-2;/h17-18,35H,3-16,19-34H2,1-2H3,(H2,40,41,42);/b18-17+;/t35-;/m1./s1. The summed E-state index contributed by atoms with van der Waals surface area (Å²) in [6, 6.07) is 0. The van der Waals surface area contributed by atoms with Gasteiger partial charge in [-0.15, -0.1) is 0 Å². The number of unbranched alkanes of at least 4 members (excludes halogenated alkanes) is 23. The molecule has 0 aromatic rings. The van der Waals surface area contributed by atoms with Crippen molar-refractivity contribution >= 4 is 49.3 Å². The molecule has 0 amide bonds. The molecule has 10 heteroatoms. The van der Waals surface area contributed by atoms with Gasteiger partial charge >= 0.3 is 19.8 Å². The van der Waals surface area contributed by atoms with Crippen molar-refractivity contribution < 1.29 is 37.9 Å². The first-order chi connectivity index (χ1) is 22.3. The molecular weight excluding hydrogens is 626 g/mol. The molecule has 0 rings (SSSR count). The summed E-state index contributed by atoms with van der Waals surface area (Å²) >= 11 is 0. The molecule has 0 aromatic carbocycles. The van der Waals surface area contributed by atoms with E-state index in [1.807, 2.05) is 0 Å². The van der Waals surface area contributed by atoms with Gasteiger partial charge in [0.05, 0.1) is 6.61 Å². The van der Waals surface area contributed by atoms with Crippen molar-refractivity contribution in [3.05, 3.63) is 12.2 Å². The van der Waals surface area contributed by atoms with E-state index in [0.29, 0.717) is 6.42 Å². The number of carbonyl (C=O) groups is 2. The molecule has 0 fully saturated rings. The Kier molecular flexibility index (Phi) is 38.6. The molecule has 0 spiro atoms. The quantitative estimate of drug-likeness (QED) is 0.0221. The molecule has 273 valence electrons. The van der Waals surface area contributed by atoms with Gasteiger partial charge in [-0.05, 0) is 38.5 Å². The van der Waals surface area contributed by atoms with Gasteiger partial charge in [0.1, 0.15) is 6.61 Å². The van der Waals surface area contributed by atoms with Crippen molar-refractivity contribution in [2.45, 2.75) is 200 Å². The first-order valence-electron chi connectivity index (χ1n) is 19.0. The number of hydrogen-bond donors (Lipinski definition) is 2. The fraction of sp³-hybridized carbons (Fsp3) is 0.892. The average Bonchev–Trinajstić information content (AvgIpc) is 3.02. The van der Waals surface area contributed by atoms with Gasteiger partial charge in [0.2, 0.25) is 0 Å². The Hall–Kier alpha value is -0.210. The van der Waals surface area contributed by atoms with Crippen molar-refractivity contribution in [1.82, 2.24) is 0 Å². The average molecular weight is 698 g/mol. The first-order valence-corrected chi connectivity index (χ1v) is 20.5. The molecule has 0 aromatic heterocycles. The first kappa shape index (κ1) is 48.9. The van der Waals surface area contributed by atoms with E-state index in [-0.39, 0.29) is 49.0 Å². The second kappa shape index (κ2) is 37.1. The van der Waals surface area contributed by atoms with Crippen molar-refractivity contribution in [3.63, 3.8) is 0 Å². The number of esters is 2. The number of phosphoric acid groups is 1. The summed E-state index contributed by atoms with van der Waals surface area (Å²) in [6.45, 7) is 3.67. The van der Waals surface area contributed by atoms with E-state index in [0.717, 1.165) is 51.4 Å². The van der Waals surface area contributed by atoms with Gasteiger partial charge in [-0.25, -0.2) is 4.57 Å². The predicted octanol–water partition coefficient (Wildman–Crippen LogP) is 10.7. The maximum atomic E-state index is 12.3. The Morgan fingerprint density at radius 2 is 0.915 bits per heavy atom. The van der Waals surface area contributed by atoms with E-state index in [9.17, 15) is 14.2 Å². The Balaban J connectivity index is 0. The van der Waals surface area contributed by atoms with Crippen LogP contribution in [0.25, 0.3) is 0 Å². The zero-order valence-electron chi connectivity index (χ0n) is 30.7. The van der Waals surface area contributed by atoms with Crippen LogP contribution in [0.5, 0.6) is 0 Å². The zero-order chi connectivity index (χ0) is 34.0. The third-order valence-electron chi connectivity index (χ3n) is 8.28. The third kappa shape index (κ3) is 40.1. The molecule has 0 saturated carbocycles. The van der Waals surface area contributed by atoms with E-state index in [1.165, 1.54) is 109 Å². The topological polar surface area (TPSA) is 119 Å². The van der Waals surface area contributed by atoms with Gasteiger partial charge in [0.25, 0.3) is 0 Å². The number of phosphoric ester groups is 1. The summed E-state index contributed by atoms with van der Waals surface area (Å²) in [5, 5.41) is 0. The van der Waals surface area contributed by atoms with Crippen LogP contribution in [0.3, 0.4) is 0 Å². The third-order valence-corrected chi connectivity index (χ3v) is 8.77. The second-order valence-corrected chi connectivity index (χ2v) is 14.1. The molecule has 2 N–H and O–H groups in total. The second-order valence-electron chi connectivity index (χ2n) is 12.9. The van der Waals surface area contributed by atoms with Gasteiger partial charge in [0, 0.05) is 42.4 Å². The van der Waals surface area contributed by atoms with E-state index in [4.69, 9.17) is 19.3 Å². The number of ether oxygens (including phenoxy) is 2. The molecular formula is C37H71NaO8P. The van der Waals surface area contributed by atoms with Crippen LogP contribution in [-0.4, -0.2) is 70.6 Å². The minimum atomic E-state index is -4.74. The number of hydrogen-bond acceptors (Lipinski definition) is 6. The van der Waals surface area contributed by atoms with Crippen molar-refractivity contribution in [2.75, 3.05) is 13.2 Å². The van der Waals surface area contributed by atoms with Crippen molar-refractivity contribution in [3.8, 4) is 0 Å². The molecule has 0 bridgehead atoms. The molecule has 0 aliphatic heterocycles. The van der Waals surface area contributed by atoms with Crippen molar-refractivity contribution in [2.24, 2.45) is 0 Å². The monoisotopic (exact) mass is 697 g/mol. The summed E-state index contributed by atoms with van der Waals surface area (Å²) in [6.07, 6.45) is 35.0. The molecule has 0 saturated heterocycles. The van der Waals surface area contributed by atoms with E-state index in [1.54, 1.807) is 0 Å². The number of rotatable bonds is 35. The summed E-state index contributed by atoms with van der Waals surface area (Å²) in [5.41, 5.74) is 0. The molecule has 0 heterocycles. The number of allylic oxidation sites excluding steroid dienone is 2. The fourth-order valence-electron chi connectivity index (χ4n) is 5.43. The van der Waals surface area contributed by atoms with Crippen LogP contribution in [0.2, 0.25) is 0 Å². The van der Waals surface area contributed by atoms with Crippen LogP contribution in [0.1, 0.15) is 194 Å². The van der Waals surface area contributed by atoms with Crippen molar-refractivity contribution in [1.29, 1.82) is 0 Å². The largest absolute Gasteiger partial charge is 0.469 e. The molecule has 8 nitrogen and oxygen atoms in total. The summed E-state index contributed by atoms with van der Waals surface area (Å²) in [5.74, 6) is -0.887. The van der Waals surface area contributed by atoms with Gasteiger partial charge in [-0.2, -0.15) is 0 Å². The van der Waals surface area contributed by atoms with Crippen LogP contribution in [0.4, 0.5) is 0 Å². The fourth-order valence-corrected chi connectivity index (χ4v) is 5.79. The normalized spacial score (nSPS) is 12.3. The maximum Gasteiger partial charge on any atom is 0.469 e. The summed E-state index contributed by atoms with van der Waals surface area (Å²) < 4.78 is 26.3. The molecule has 47 heavy (non-hydrogen) atoms. The zero-order valence-corrected chi connectivity index (χ0v) is 33.6. The van der Waals surface area contributed by atoms with Crippen LogP contribution < -0.4 is 0 Å². The Bertz CT molecular complexity index is 773. The summed E-state index contributed by atoms with van der Waals surface area (Å²) in [4.78, 5) is 42.7.